The minimum atomic E-state index is 0.0255. The van der Waals surface area contributed by atoms with E-state index >= 15 is 0 Å². The van der Waals surface area contributed by atoms with Crippen molar-refractivity contribution >= 4 is 5.91 Å². The van der Waals surface area contributed by atoms with Crippen LogP contribution in [0.1, 0.15) is 40.5 Å². The van der Waals surface area contributed by atoms with Crippen molar-refractivity contribution in [3.05, 3.63) is 0 Å². The Labute approximate surface area is 98.8 Å². The molecule has 0 aliphatic rings. The van der Waals surface area contributed by atoms with E-state index in [1.54, 1.807) is 0 Å². The average molecular weight is 230 g/mol. The Bertz CT molecular complexity index is 195. The summed E-state index contributed by atoms with van der Waals surface area (Å²) in [6.07, 6.45) is 1.62. The van der Waals surface area contributed by atoms with Crippen molar-refractivity contribution in [1.29, 1.82) is 0 Å². The molecule has 0 rings (SSSR count). The van der Waals surface area contributed by atoms with Crippen LogP contribution >= 0.6 is 0 Å². The minimum absolute atomic E-state index is 0.0255. The Balaban J connectivity index is 3.79. The summed E-state index contributed by atoms with van der Waals surface area (Å²) < 4.78 is 0. The molecule has 2 atom stereocenters. The van der Waals surface area contributed by atoms with Crippen LogP contribution in [0.25, 0.3) is 0 Å². The molecule has 96 valence electrons. The van der Waals surface area contributed by atoms with Gasteiger partial charge in [0.25, 0.3) is 0 Å². The maximum absolute atomic E-state index is 11.5. The van der Waals surface area contributed by atoms with E-state index in [2.05, 4.69) is 24.5 Å². The molecule has 0 aromatic heterocycles. The van der Waals surface area contributed by atoms with E-state index in [0.717, 1.165) is 6.42 Å². The minimum Gasteiger partial charge on any atom is -0.396 e. The molecule has 0 aliphatic heterocycles. The fourth-order valence-corrected chi connectivity index (χ4v) is 1.32. The summed E-state index contributed by atoms with van der Waals surface area (Å²) >= 11 is 0. The van der Waals surface area contributed by atoms with E-state index in [1.807, 2.05) is 13.8 Å². The van der Waals surface area contributed by atoms with Gasteiger partial charge in [-0.3, -0.25) is 4.79 Å². The SMILES string of the molecule is CCC(CCO)NCC(=O)NC(C)C(C)C. The molecule has 0 aliphatic carbocycles. The molecule has 0 aromatic carbocycles. The van der Waals surface area contributed by atoms with Crippen LogP contribution in [0.5, 0.6) is 0 Å². The van der Waals surface area contributed by atoms with E-state index < -0.39 is 0 Å². The zero-order chi connectivity index (χ0) is 12.6. The third kappa shape index (κ3) is 6.80. The lowest BCUT2D eigenvalue weighted by Gasteiger charge is -2.19. The van der Waals surface area contributed by atoms with Gasteiger partial charge in [0.05, 0.1) is 6.54 Å². The highest BCUT2D eigenvalue weighted by Gasteiger charge is 2.12. The molecule has 1 amide bonds. The molecule has 0 saturated heterocycles. The van der Waals surface area contributed by atoms with E-state index in [0.29, 0.717) is 18.9 Å². The summed E-state index contributed by atoms with van der Waals surface area (Å²) in [6, 6.07) is 0.428. The monoisotopic (exact) mass is 230 g/mol. The number of rotatable bonds is 8. The lowest BCUT2D eigenvalue weighted by molar-refractivity contribution is -0.121. The fraction of sp³-hybridized carbons (Fsp3) is 0.917. The van der Waals surface area contributed by atoms with Gasteiger partial charge in [-0.1, -0.05) is 20.8 Å². The van der Waals surface area contributed by atoms with Gasteiger partial charge in [0.1, 0.15) is 0 Å². The molecule has 0 bridgehead atoms. The van der Waals surface area contributed by atoms with Crippen LogP contribution in [0.3, 0.4) is 0 Å². The van der Waals surface area contributed by atoms with Crippen molar-refractivity contribution in [1.82, 2.24) is 10.6 Å². The second-order valence-electron chi connectivity index (χ2n) is 4.60. The standard InChI is InChI=1S/C12H26N2O2/c1-5-11(6-7-15)13-8-12(16)14-10(4)9(2)3/h9-11,13,15H,5-8H2,1-4H3,(H,14,16). The maximum Gasteiger partial charge on any atom is 0.234 e. The first-order chi connectivity index (χ1) is 7.51. The molecule has 0 spiro atoms. The smallest absolute Gasteiger partial charge is 0.234 e. The van der Waals surface area contributed by atoms with Crippen molar-refractivity contribution < 1.29 is 9.90 Å². The molecule has 4 nitrogen and oxygen atoms in total. The van der Waals surface area contributed by atoms with Gasteiger partial charge < -0.3 is 15.7 Å². The summed E-state index contributed by atoms with van der Waals surface area (Å²) in [5, 5.41) is 14.9. The van der Waals surface area contributed by atoms with Crippen molar-refractivity contribution in [2.45, 2.75) is 52.6 Å². The summed E-state index contributed by atoms with van der Waals surface area (Å²) in [7, 11) is 0. The number of hydrogen-bond acceptors (Lipinski definition) is 3. The quantitative estimate of drug-likeness (QED) is 0.580. The molecular formula is C12H26N2O2. The van der Waals surface area contributed by atoms with E-state index in [1.165, 1.54) is 0 Å². The Morgan fingerprint density at radius 3 is 2.38 bits per heavy atom. The number of amides is 1. The van der Waals surface area contributed by atoms with Crippen molar-refractivity contribution in [2.24, 2.45) is 5.92 Å². The van der Waals surface area contributed by atoms with E-state index in [4.69, 9.17) is 5.11 Å². The molecule has 0 fully saturated rings. The summed E-state index contributed by atoms with van der Waals surface area (Å²) in [5.74, 6) is 0.473. The Morgan fingerprint density at radius 2 is 1.94 bits per heavy atom. The molecule has 3 N–H and O–H groups in total. The summed E-state index contributed by atoms with van der Waals surface area (Å²) in [5.41, 5.74) is 0. The van der Waals surface area contributed by atoms with Crippen molar-refractivity contribution in [3.63, 3.8) is 0 Å². The molecule has 0 heterocycles. The maximum atomic E-state index is 11.5. The highest BCUT2D eigenvalue weighted by molar-refractivity contribution is 5.78. The topological polar surface area (TPSA) is 61.4 Å². The average Bonchev–Trinajstić information content (AvgIpc) is 2.23. The fourth-order valence-electron chi connectivity index (χ4n) is 1.32. The largest absolute Gasteiger partial charge is 0.396 e. The predicted molar refractivity (Wildman–Crippen MR) is 66.2 cm³/mol. The van der Waals surface area contributed by atoms with Crippen LogP contribution in [-0.4, -0.2) is 36.2 Å². The normalized spacial score (nSPS) is 14.9. The van der Waals surface area contributed by atoms with Crippen molar-refractivity contribution in [3.8, 4) is 0 Å². The van der Waals surface area contributed by atoms with Crippen molar-refractivity contribution in [2.75, 3.05) is 13.2 Å². The van der Waals surface area contributed by atoms with Crippen LogP contribution in [0.4, 0.5) is 0 Å². The predicted octanol–water partition coefficient (Wildman–Crippen LogP) is 0.898. The van der Waals surface area contributed by atoms with E-state index in [-0.39, 0.29) is 24.6 Å². The number of nitrogens with one attached hydrogen (secondary N) is 2. The Morgan fingerprint density at radius 1 is 1.31 bits per heavy atom. The lowest BCUT2D eigenvalue weighted by Crippen LogP contribution is -2.43. The van der Waals surface area contributed by atoms with Crippen LogP contribution in [0.15, 0.2) is 0 Å². The van der Waals surface area contributed by atoms with Gasteiger partial charge >= 0.3 is 0 Å². The number of carbonyl (C=O) groups is 1. The molecule has 0 saturated carbocycles. The number of carbonyl (C=O) groups excluding carboxylic acids is 1. The lowest BCUT2D eigenvalue weighted by atomic mass is 10.1. The molecule has 2 unspecified atom stereocenters. The number of hydrogen-bond donors (Lipinski definition) is 3. The van der Waals surface area contributed by atoms with Gasteiger partial charge in [0, 0.05) is 18.7 Å². The highest BCUT2D eigenvalue weighted by Crippen LogP contribution is 1.99. The van der Waals surface area contributed by atoms with Gasteiger partial charge in [-0.05, 0) is 25.7 Å². The Hall–Kier alpha value is -0.610. The van der Waals surface area contributed by atoms with Crippen LogP contribution in [0, 0.1) is 5.92 Å². The summed E-state index contributed by atoms with van der Waals surface area (Å²) in [6.45, 7) is 8.71. The molecule has 4 heteroatoms. The van der Waals surface area contributed by atoms with Gasteiger partial charge in [-0.15, -0.1) is 0 Å². The number of aliphatic hydroxyl groups is 1. The zero-order valence-electron chi connectivity index (χ0n) is 10.9. The van der Waals surface area contributed by atoms with Gasteiger partial charge in [-0.2, -0.15) is 0 Å². The van der Waals surface area contributed by atoms with E-state index in [9.17, 15) is 4.79 Å². The first kappa shape index (κ1) is 15.4. The third-order valence-electron chi connectivity index (χ3n) is 2.91. The number of aliphatic hydroxyl groups excluding tert-OH is 1. The molecule has 0 aromatic rings. The zero-order valence-corrected chi connectivity index (χ0v) is 10.9. The summed E-state index contributed by atoms with van der Waals surface area (Å²) in [4.78, 5) is 11.5. The van der Waals surface area contributed by atoms with Gasteiger partial charge in [0.15, 0.2) is 0 Å². The highest BCUT2D eigenvalue weighted by atomic mass is 16.3. The first-order valence-electron chi connectivity index (χ1n) is 6.14. The first-order valence-corrected chi connectivity index (χ1v) is 6.14. The molecule has 0 radical (unpaired) electrons. The van der Waals surface area contributed by atoms with Crippen LogP contribution in [-0.2, 0) is 4.79 Å². The Kier molecular flexibility index (Phi) is 8.21. The third-order valence-corrected chi connectivity index (χ3v) is 2.91. The van der Waals surface area contributed by atoms with Crippen LogP contribution < -0.4 is 10.6 Å². The van der Waals surface area contributed by atoms with Crippen LogP contribution in [0.2, 0.25) is 0 Å². The molecular weight excluding hydrogens is 204 g/mol. The second kappa shape index (κ2) is 8.53. The van der Waals surface area contributed by atoms with Gasteiger partial charge in [-0.25, -0.2) is 0 Å². The molecule has 16 heavy (non-hydrogen) atoms. The van der Waals surface area contributed by atoms with Gasteiger partial charge in [0.2, 0.25) is 5.91 Å². The second-order valence-corrected chi connectivity index (χ2v) is 4.60.